The molecule has 1 heterocycles. The molecule has 2 unspecified atom stereocenters. The van der Waals surface area contributed by atoms with Crippen LogP contribution in [0.5, 0.6) is 0 Å². The van der Waals surface area contributed by atoms with E-state index in [4.69, 9.17) is 19.2 Å². The number of hydrogen-bond acceptors (Lipinski definition) is 5. The molecule has 1 amide bonds. The smallest absolute Gasteiger partial charge is 0.407 e. The van der Waals surface area contributed by atoms with Gasteiger partial charge in [-0.15, -0.1) is 0 Å². The van der Waals surface area contributed by atoms with Crippen LogP contribution >= 0.6 is 0 Å². The molecule has 1 aliphatic heterocycles. The molecule has 0 bridgehead atoms. The SMILES string of the molecule is CCNC(=NCC(CC(C)C)NC(=O)OCC)N1CCC(COCCOC)C1. The molecule has 164 valence electrons. The van der Waals surface area contributed by atoms with E-state index in [1.807, 2.05) is 0 Å². The molecule has 1 aliphatic rings. The second-order valence-electron chi connectivity index (χ2n) is 7.55. The van der Waals surface area contributed by atoms with Crippen molar-refractivity contribution in [3.05, 3.63) is 0 Å². The number of hydrogen-bond donors (Lipinski definition) is 2. The van der Waals surface area contributed by atoms with E-state index in [2.05, 4.69) is 36.3 Å². The van der Waals surface area contributed by atoms with Crippen molar-refractivity contribution in [2.75, 3.05) is 59.7 Å². The first-order valence-corrected chi connectivity index (χ1v) is 10.5. The number of nitrogens with zero attached hydrogens (tertiary/aromatic N) is 2. The fraction of sp³-hybridized carbons (Fsp3) is 0.900. The molecule has 8 heteroatoms. The lowest BCUT2D eigenvalue weighted by Crippen LogP contribution is -2.43. The summed E-state index contributed by atoms with van der Waals surface area (Å²) in [5.74, 6) is 1.87. The predicted molar refractivity (Wildman–Crippen MR) is 112 cm³/mol. The van der Waals surface area contributed by atoms with Gasteiger partial charge in [-0.1, -0.05) is 13.8 Å². The number of guanidine groups is 1. The van der Waals surface area contributed by atoms with E-state index in [9.17, 15) is 4.79 Å². The van der Waals surface area contributed by atoms with Crippen LogP contribution in [0.1, 0.15) is 40.5 Å². The van der Waals surface area contributed by atoms with Crippen LogP contribution in [0, 0.1) is 11.8 Å². The van der Waals surface area contributed by atoms with Crippen molar-refractivity contribution in [2.24, 2.45) is 16.8 Å². The first-order valence-electron chi connectivity index (χ1n) is 10.5. The zero-order chi connectivity index (χ0) is 20.8. The first kappa shape index (κ1) is 24.5. The molecule has 0 aliphatic carbocycles. The minimum absolute atomic E-state index is 0.0384. The number of amides is 1. The predicted octanol–water partition coefficient (Wildman–Crippen LogP) is 2.10. The van der Waals surface area contributed by atoms with Gasteiger partial charge in [-0.3, -0.25) is 4.99 Å². The zero-order valence-corrected chi connectivity index (χ0v) is 18.3. The molecule has 8 nitrogen and oxygen atoms in total. The highest BCUT2D eigenvalue weighted by atomic mass is 16.5. The van der Waals surface area contributed by atoms with Gasteiger partial charge in [0, 0.05) is 32.7 Å². The first-order chi connectivity index (χ1) is 13.5. The number of alkyl carbamates (subject to hydrolysis) is 1. The molecule has 0 aromatic rings. The van der Waals surface area contributed by atoms with Gasteiger partial charge in [-0.05, 0) is 32.6 Å². The highest BCUT2D eigenvalue weighted by molar-refractivity contribution is 5.80. The molecule has 0 spiro atoms. The van der Waals surface area contributed by atoms with E-state index in [0.29, 0.717) is 38.2 Å². The minimum atomic E-state index is -0.372. The summed E-state index contributed by atoms with van der Waals surface area (Å²) in [7, 11) is 1.68. The normalized spacial score (nSPS) is 18.4. The van der Waals surface area contributed by atoms with Crippen molar-refractivity contribution < 1.29 is 19.0 Å². The van der Waals surface area contributed by atoms with Crippen molar-refractivity contribution in [1.29, 1.82) is 0 Å². The van der Waals surface area contributed by atoms with Gasteiger partial charge in [0.05, 0.1) is 39.0 Å². The Morgan fingerprint density at radius 3 is 2.71 bits per heavy atom. The number of nitrogens with one attached hydrogen (secondary N) is 2. The number of aliphatic imine (C=N–C) groups is 1. The largest absolute Gasteiger partial charge is 0.450 e. The number of ether oxygens (including phenoxy) is 3. The van der Waals surface area contributed by atoms with Gasteiger partial charge >= 0.3 is 6.09 Å². The quantitative estimate of drug-likeness (QED) is 0.296. The lowest BCUT2D eigenvalue weighted by Gasteiger charge is -2.24. The van der Waals surface area contributed by atoms with Crippen molar-refractivity contribution in [3.63, 3.8) is 0 Å². The average molecular weight is 401 g/mol. The van der Waals surface area contributed by atoms with E-state index in [-0.39, 0.29) is 12.1 Å². The second-order valence-corrected chi connectivity index (χ2v) is 7.55. The Labute approximate surface area is 170 Å². The maximum atomic E-state index is 11.8. The molecular formula is C20H40N4O4. The summed E-state index contributed by atoms with van der Waals surface area (Å²) in [4.78, 5) is 18.9. The number of methoxy groups -OCH3 is 1. The molecule has 0 aromatic heterocycles. The summed E-state index contributed by atoms with van der Waals surface area (Å²) in [6, 6.07) is -0.0384. The summed E-state index contributed by atoms with van der Waals surface area (Å²) in [6.45, 7) is 13.8. The standard InChI is InChI=1S/C20H40N4O4/c1-6-21-19(24-9-8-17(14-24)15-27-11-10-26-5)22-13-18(12-16(3)4)23-20(25)28-7-2/h16-18H,6-15H2,1-5H3,(H,21,22)(H,23,25). The van der Waals surface area contributed by atoms with E-state index >= 15 is 0 Å². The Hall–Kier alpha value is -1.54. The van der Waals surface area contributed by atoms with Crippen molar-refractivity contribution >= 4 is 12.1 Å². The Morgan fingerprint density at radius 1 is 1.29 bits per heavy atom. The van der Waals surface area contributed by atoms with Crippen LogP contribution in [-0.4, -0.2) is 82.7 Å². The lowest BCUT2D eigenvalue weighted by molar-refractivity contribution is 0.0536. The lowest BCUT2D eigenvalue weighted by atomic mass is 10.0. The highest BCUT2D eigenvalue weighted by Gasteiger charge is 2.25. The van der Waals surface area contributed by atoms with E-state index in [1.165, 1.54) is 0 Å². The van der Waals surface area contributed by atoms with E-state index in [0.717, 1.165) is 45.0 Å². The van der Waals surface area contributed by atoms with Gasteiger partial charge in [-0.25, -0.2) is 4.79 Å². The van der Waals surface area contributed by atoms with E-state index in [1.54, 1.807) is 14.0 Å². The third kappa shape index (κ3) is 10.1. The van der Waals surface area contributed by atoms with Crippen LogP contribution < -0.4 is 10.6 Å². The minimum Gasteiger partial charge on any atom is -0.450 e. The fourth-order valence-corrected chi connectivity index (χ4v) is 3.26. The molecule has 28 heavy (non-hydrogen) atoms. The third-order valence-electron chi connectivity index (χ3n) is 4.52. The molecule has 2 N–H and O–H groups in total. The molecular weight excluding hydrogens is 360 g/mol. The van der Waals surface area contributed by atoms with Gasteiger partial charge in [0.1, 0.15) is 0 Å². The Kier molecular flexibility index (Phi) is 12.6. The molecule has 0 aromatic carbocycles. The van der Waals surface area contributed by atoms with Gasteiger partial charge < -0.3 is 29.7 Å². The van der Waals surface area contributed by atoms with Crippen molar-refractivity contribution in [1.82, 2.24) is 15.5 Å². The molecule has 1 fully saturated rings. The second kappa shape index (κ2) is 14.5. The van der Waals surface area contributed by atoms with Crippen molar-refractivity contribution in [2.45, 2.75) is 46.6 Å². The summed E-state index contributed by atoms with van der Waals surface area (Å²) >= 11 is 0. The summed E-state index contributed by atoms with van der Waals surface area (Å²) in [5.41, 5.74) is 0. The van der Waals surface area contributed by atoms with Crippen LogP contribution in [-0.2, 0) is 14.2 Å². The maximum Gasteiger partial charge on any atom is 0.407 e. The number of carbonyl (C=O) groups is 1. The third-order valence-corrected chi connectivity index (χ3v) is 4.52. The number of carbonyl (C=O) groups excluding carboxylic acids is 1. The van der Waals surface area contributed by atoms with Gasteiger partial charge in [0.15, 0.2) is 5.96 Å². The van der Waals surface area contributed by atoms with Gasteiger partial charge in [0.25, 0.3) is 0 Å². The fourth-order valence-electron chi connectivity index (χ4n) is 3.26. The molecule has 0 radical (unpaired) electrons. The summed E-state index contributed by atoms with van der Waals surface area (Å²) in [5, 5.41) is 6.32. The van der Waals surface area contributed by atoms with Crippen LogP contribution in [0.3, 0.4) is 0 Å². The summed E-state index contributed by atoms with van der Waals surface area (Å²) < 4.78 is 15.7. The molecule has 0 saturated carbocycles. The molecule has 2 atom stereocenters. The number of rotatable bonds is 12. The van der Waals surface area contributed by atoms with Gasteiger partial charge in [-0.2, -0.15) is 0 Å². The van der Waals surface area contributed by atoms with Crippen LogP contribution in [0.2, 0.25) is 0 Å². The van der Waals surface area contributed by atoms with Crippen molar-refractivity contribution in [3.8, 4) is 0 Å². The van der Waals surface area contributed by atoms with Crippen LogP contribution in [0.25, 0.3) is 0 Å². The Morgan fingerprint density at radius 2 is 2.07 bits per heavy atom. The monoisotopic (exact) mass is 400 g/mol. The van der Waals surface area contributed by atoms with Crippen LogP contribution in [0.4, 0.5) is 4.79 Å². The maximum absolute atomic E-state index is 11.8. The number of likely N-dealkylation sites (tertiary alicyclic amines) is 1. The van der Waals surface area contributed by atoms with Crippen LogP contribution in [0.15, 0.2) is 4.99 Å². The average Bonchev–Trinajstić information content (AvgIpc) is 3.10. The topological polar surface area (TPSA) is 84.4 Å². The van der Waals surface area contributed by atoms with Gasteiger partial charge in [0.2, 0.25) is 0 Å². The highest BCUT2D eigenvalue weighted by Crippen LogP contribution is 2.17. The molecule has 1 rings (SSSR count). The Balaban J connectivity index is 2.61. The Bertz CT molecular complexity index is 459. The zero-order valence-electron chi connectivity index (χ0n) is 18.3. The summed E-state index contributed by atoms with van der Waals surface area (Å²) in [6.07, 6.45) is 1.58. The molecule has 1 saturated heterocycles. The van der Waals surface area contributed by atoms with E-state index < -0.39 is 0 Å².